The Hall–Kier alpha value is -1.84. The fraction of sp³-hybridized carbons (Fsp3) is 0.385. The molecule has 0 fully saturated rings. The predicted octanol–water partition coefficient (Wildman–Crippen LogP) is 1.93. The van der Waals surface area contributed by atoms with Crippen LogP contribution in [0.5, 0.6) is 0 Å². The Labute approximate surface area is 101 Å². The molecule has 4 heteroatoms. The standard InChI is InChI=1S/C13H17NO3/c1-3-17-13(16)14-10(2)12(15)9-11-7-5-4-6-8-11/h4-8,10H,3,9H2,1-2H3,(H,14,16). The molecule has 0 radical (unpaired) electrons. The molecule has 1 atom stereocenters. The molecule has 0 aromatic heterocycles. The lowest BCUT2D eigenvalue weighted by Crippen LogP contribution is -2.39. The monoisotopic (exact) mass is 235 g/mol. The van der Waals surface area contributed by atoms with E-state index in [9.17, 15) is 9.59 Å². The van der Waals surface area contributed by atoms with Crippen LogP contribution >= 0.6 is 0 Å². The molecule has 0 saturated heterocycles. The minimum atomic E-state index is -0.554. The molecule has 0 heterocycles. The molecule has 0 spiro atoms. The van der Waals surface area contributed by atoms with Gasteiger partial charge in [0.25, 0.3) is 0 Å². The van der Waals surface area contributed by atoms with Crippen molar-refractivity contribution < 1.29 is 14.3 Å². The molecule has 4 nitrogen and oxygen atoms in total. The zero-order chi connectivity index (χ0) is 12.7. The molecule has 1 unspecified atom stereocenters. The molecule has 1 rings (SSSR count). The third kappa shape index (κ3) is 4.68. The van der Waals surface area contributed by atoms with Gasteiger partial charge in [-0.3, -0.25) is 4.79 Å². The summed E-state index contributed by atoms with van der Waals surface area (Å²) in [6, 6.07) is 8.89. The number of rotatable bonds is 5. The van der Waals surface area contributed by atoms with E-state index < -0.39 is 12.1 Å². The maximum atomic E-state index is 11.8. The Morgan fingerprint density at radius 1 is 1.29 bits per heavy atom. The van der Waals surface area contributed by atoms with Crippen LogP contribution < -0.4 is 5.32 Å². The summed E-state index contributed by atoms with van der Waals surface area (Å²) in [5, 5.41) is 2.49. The van der Waals surface area contributed by atoms with E-state index in [1.54, 1.807) is 13.8 Å². The molecule has 1 amide bonds. The molecule has 1 aromatic carbocycles. The number of Topliss-reactive ketones (excluding diaryl/α,β-unsaturated/α-hetero) is 1. The van der Waals surface area contributed by atoms with Crippen LogP contribution in [0.4, 0.5) is 4.79 Å². The van der Waals surface area contributed by atoms with Gasteiger partial charge in [0.05, 0.1) is 12.6 Å². The minimum Gasteiger partial charge on any atom is -0.450 e. The molecule has 92 valence electrons. The van der Waals surface area contributed by atoms with E-state index in [-0.39, 0.29) is 5.78 Å². The van der Waals surface area contributed by atoms with Crippen molar-refractivity contribution in [2.75, 3.05) is 6.61 Å². The molecule has 17 heavy (non-hydrogen) atoms. The van der Waals surface area contributed by atoms with Crippen LogP contribution in [-0.4, -0.2) is 24.5 Å². The highest BCUT2D eigenvalue weighted by molar-refractivity contribution is 5.88. The molecule has 0 aliphatic rings. The molecule has 1 N–H and O–H groups in total. The Morgan fingerprint density at radius 2 is 1.94 bits per heavy atom. The topological polar surface area (TPSA) is 55.4 Å². The Balaban J connectivity index is 2.45. The third-order valence-corrected chi connectivity index (χ3v) is 2.31. The van der Waals surface area contributed by atoms with E-state index in [4.69, 9.17) is 4.74 Å². The van der Waals surface area contributed by atoms with Gasteiger partial charge < -0.3 is 10.1 Å². The summed E-state index contributed by atoms with van der Waals surface area (Å²) in [6.07, 6.45) is -0.240. The smallest absolute Gasteiger partial charge is 0.407 e. The zero-order valence-electron chi connectivity index (χ0n) is 10.1. The van der Waals surface area contributed by atoms with Gasteiger partial charge in [0.2, 0.25) is 0 Å². The second-order valence-electron chi connectivity index (χ2n) is 3.72. The highest BCUT2D eigenvalue weighted by atomic mass is 16.5. The van der Waals surface area contributed by atoms with Crippen LogP contribution in [0.15, 0.2) is 30.3 Å². The number of ether oxygens (including phenoxy) is 1. The van der Waals surface area contributed by atoms with Gasteiger partial charge in [-0.05, 0) is 19.4 Å². The first-order valence-electron chi connectivity index (χ1n) is 5.63. The number of hydrogen-bond donors (Lipinski definition) is 1. The average Bonchev–Trinajstić information content (AvgIpc) is 2.30. The third-order valence-electron chi connectivity index (χ3n) is 2.31. The summed E-state index contributed by atoms with van der Waals surface area (Å²) in [5.74, 6) is -0.0377. The van der Waals surface area contributed by atoms with E-state index >= 15 is 0 Å². The average molecular weight is 235 g/mol. The van der Waals surface area contributed by atoms with Gasteiger partial charge >= 0.3 is 6.09 Å². The van der Waals surface area contributed by atoms with E-state index in [1.807, 2.05) is 30.3 Å². The van der Waals surface area contributed by atoms with Crippen molar-refractivity contribution in [3.63, 3.8) is 0 Å². The van der Waals surface area contributed by atoms with Gasteiger partial charge in [0.15, 0.2) is 5.78 Å². The van der Waals surface area contributed by atoms with Crippen molar-refractivity contribution in [1.82, 2.24) is 5.32 Å². The quantitative estimate of drug-likeness (QED) is 0.848. The molecule has 0 saturated carbocycles. The summed E-state index contributed by atoms with van der Waals surface area (Å²) >= 11 is 0. The fourth-order valence-corrected chi connectivity index (χ4v) is 1.38. The normalized spacial score (nSPS) is 11.6. The molecule has 0 aliphatic heterocycles. The fourth-order valence-electron chi connectivity index (χ4n) is 1.38. The number of nitrogens with one attached hydrogen (secondary N) is 1. The lowest BCUT2D eigenvalue weighted by Gasteiger charge is -2.12. The number of carbonyl (C=O) groups excluding carboxylic acids is 2. The summed E-state index contributed by atoms with van der Waals surface area (Å²) in [5.41, 5.74) is 0.940. The number of carbonyl (C=O) groups is 2. The van der Waals surface area contributed by atoms with Crippen LogP contribution in [0, 0.1) is 0 Å². The maximum absolute atomic E-state index is 11.8. The number of alkyl carbamates (subject to hydrolysis) is 1. The Kier molecular flexibility index (Phi) is 5.20. The second-order valence-corrected chi connectivity index (χ2v) is 3.72. The van der Waals surface area contributed by atoms with Gasteiger partial charge in [-0.25, -0.2) is 4.79 Å². The van der Waals surface area contributed by atoms with Gasteiger partial charge in [-0.15, -0.1) is 0 Å². The lowest BCUT2D eigenvalue weighted by atomic mass is 10.1. The van der Waals surface area contributed by atoms with Crippen LogP contribution in [0.3, 0.4) is 0 Å². The van der Waals surface area contributed by atoms with Gasteiger partial charge in [0.1, 0.15) is 0 Å². The van der Waals surface area contributed by atoms with Gasteiger partial charge in [0, 0.05) is 6.42 Å². The number of amides is 1. The van der Waals surface area contributed by atoms with Crippen LogP contribution in [0.25, 0.3) is 0 Å². The van der Waals surface area contributed by atoms with Crippen molar-refractivity contribution in [3.8, 4) is 0 Å². The van der Waals surface area contributed by atoms with E-state index in [0.717, 1.165) is 5.56 Å². The Morgan fingerprint density at radius 3 is 2.53 bits per heavy atom. The van der Waals surface area contributed by atoms with Crippen molar-refractivity contribution in [3.05, 3.63) is 35.9 Å². The minimum absolute atomic E-state index is 0.0377. The number of hydrogen-bond acceptors (Lipinski definition) is 3. The van der Waals surface area contributed by atoms with E-state index in [2.05, 4.69) is 5.32 Å². The van der Waals surface area contributed by atoms with Crippen LogP contribution in [0.2, 0.25) is 0 Å². The molecule has 1 aromatic rings. The number of benzene rings is 1. The second kappa shape index (κ2) is 6.68. The first kappa shape index (κ1) is 13.2. The highest BCUT2D eigenvalue weighted by Crippen LogP contribution is 2.02. The van der Waals surface area contributed by atoms with Crippen molar-refractivity contribution >= 4 is 11.9 Å². The van der Waals surface area contributed by atoms with E-state index in [1.165, 1.54) is 0 Å². The largest absolute Gasteiger partial charge is 0.450 e. The van der Waals surface area contributed by atoms with Crippen molar-refractivity contribution in [2.45, 2.75) is 26.3 Å². The van der Waals surface area contributed by atoms with Crippen LogP contribution in [0.1, 0.15) is 19.4 Å². The first-order valence-corrected chi connectivity index (χ1v) is 5.63. The highest BCUT2D eigenvalue weighted by Gasteiger charge is 2.16. The summed E-state index contributed by atoms with van der Waals surface area (Å²) in [6.45, 7) is 3.67. The van der Waals surface area contributed by atoms with Crippen molar-refractivity contribution in [1.29, 1.82) is 0 Å². The van der Waals surface area contributed by atoms with Crippen molar-refractivity contribution in [2.24, 2.45) is 0 Å². The molecular formula is C13H17NO3. The molecule has 0 bridgehead atoms. The van der Waals surface area contributed by atoms with Gasteiger partial charge in [-0.2, -0.15) is 0 Å². The summed E-state index contributed by atoms with van der Waals surface area (Å²) < 4.78 is 4.71. The Bertz CT molecular complexity index is 376. The molecular weight excluding hydrogens is 218 g/mol. The zero-order valence-corrected chi connectivity index (χ0v) is 10.1. The summed E-state index contributed by atoms with van der Waals surface area (Å²) in [4.78, 5) is 22.9. The maximum Gasteiger partial charge on any atom is 0.407 e. The SMILES string of the molecule is CCOC(=O)NC(C)C(=O)Cc1ccccc1. The lowest BCUT2D eigenvalue weighted by molar-refractivity contribution is -0.119. The number of ketones is 1. The summed E-state index contributed by atoms with van der Waals surface area (Å²) in [7, 11) is 0. The molecule has 0 aliphatic carbocycles. The van der Waals surface area contributed by atoms with E-state index in [0.29, 0.717) is 13.0 Å². The van der Waals surface area contributed by atoms with Gasteiger partial charge in [-0.1, -0.05) is 30.3 Å². The predicted molar refractivity (Wildman–Crippen MR) is 64.8 cm³/mol. The first-order chi connectivity index (χ1) is 8.13. The van der Waals surface area contributed by atoms with Crippen LogP contribution in [-0.2, 0) is 16.0 Å².